The van der Waals surface area contributed by atoms with Gasteiger partial charge in [-0.2, -0.15) is 0 Å². The Labute approximate surface area is 126 Å². The third-order valence-corrected chi connectivity index (χ3v) is 4.91. The molecule has 3 rings (SSSR count). The van der Waals surface area contributed by atoms with Crippen LogP contribution in [-0.4, -0.2) is 33.4 Å². The van der Waals surface area contributed by atoms with Crippen molar-refractivity contribution in [3.8, 4) is 0 Å². The smallest absolute Gasteiger partial charge is 0.123 e. The number of hydrogen-bond donors (Lipinski definition) is 1. The summed E-state index contributed by atoms with van der Waals surface area (Å²) >= 11 is 0. The van der Waals surface area contributed by atoms with E-state index in [4.69, 9.17) is 4.74 Å². The SMILES string of the molecule is COCCNCc1cc(F)ccc1N1CC2CCCC2C1. The minimum Gasteiger partial charge on any atom is -0.383 e. The van der Waals surface area contributed by atoms with Gasteiger partial charge in [0.05, 0.1) is 6.61 Å². The van der Waals surface area contributed by atoms with E-state index in [1.165, 1.54) is 24.9 Å². The first kappa shape index (κ1) is 14.8. The van der Waals surface area contributed by atoms with Gasteiger partial charge in [0.25, 0.3) is 0 Å². The maximum Gasteiger partial charge on any atom is 0.123 e. The summed E-state index contributed by atoms with van der Waals surface area (Å²) < 4.78 is 18.6. The van der Waals surface area contributed by atoms with Crippen molar-refractivity contribution in [2.75, 3.05) is 38.3 Å². The number of ether oxygens (including phenoxy) is 1. The van der Waals surface area contributed by atoms with Crippen LogP contribution in [0.4, 0.5) is 10.1 Å². The number of nitrogens with one attached hydrogen (secondary N) is 1. The molecule has 1 aromatic carbocycles. The summed E-state index contributed by atoms with van der Waals surface area (Å²) in [6, 6.07) is 5.20. The van der Waals surface area contributed by atoms with E-state index >= 15 is 0 Å². The molecule has 3 nitrogen and oxygen atoms in total. The van der Waals surface area contributed by atoms with Gasteiger partial charge in [0.2, 0.25) is 0 Å². The number of methoxy groups -OCH3 is 1. The highest BCUT2D eigenvalue weighted by Crippen LogP contribution is 2.40. The lowest BCUT2D eigenvalue weighted by atomic mass is 10.0. The molecule has 1 aliphatic carbocycles. The average Bonchev–Trinajstić information content (AvgIpc) is 3.05. The minimum atomic E-state index is -0.151. The van der Waals surface area contributed by atoms with Gasteiger partial charge in [-0.1, -0.05) is 6.42 Å². The number of halogens is 1. The molecule has 2 fully saturated rings. The zero-order valence-corrected chi connectivity index (χ0v) is 12.8. The Balaban J connectivity index is 1.69. The zero-order chi connectivity index (χ0) is 14.7. The van der Waals surface area contributed by atoms with Crippen LogP contribution < -0.4 is 10.2 Å². The second-order valence-electron chi connectivity index (χ2n) is 6.30. The molecule has 1 N–H and O–H groups in total. The molecule has 0 aromatic heterocycles. The van der Waals surface area contributed by atoms with Crippen LogP contribution in [0.2, 0.25) is 0 Å². The van der Waals surface area contributed by atoms with E-state index in [2.05, 4.69) is 10.2 Å². The lowest BCUT2D eigenvalue weighted by Gasteiger charge is -2.23. The molecule has 2 aliphatic rings. The molecule has 1 saturated carbocycles. The Morgan fingerprint density at radius 2 is 2.05 bits per heavy atom. The van der Waals surface area contributed by atoms with Gasteiger partial charge in [-0.25, -0.2) is 4.39 Å². The largest absolute Gasteiger partial charge is 0.383 e. The van der Waals surface area contributed by atoms with Crippen molar-refractivity contribution in [2.45, 2.75) is 25.8 Å². The lowest BCUT2D eigenvalue weighted by molar-refractivity contribution is 0.199. The molecule has 2 atom stereocenters. The number of anilines is 1. The summed E-state index contributed by atoms with van der Waals surface area (Å²) in [6.45, 7) is 4.45. The Hall–Kier alpha value is -1.13. The molecule has 0 radical (unpaired) electrons. The van der Waals surface area contributed by atoms with Gasteiger partial charge >= 0.3 is 0 Å². The number of nitrogens with zero attached hydrogens (tertiary/aromatic N) is 1. The fourth-order valence-corrected chi connectivity index (χ4v) is 3.83. The van der Waals surface area contributed by atoms with Gasteiger partial charge in [0.1, 0.15) is 5.82 Å². The molecule has 0 bridgehead atoms. The second kappa shape index (κ2) is 6.75. The van der Waals surface area contributed by atoms with Crippen molar-refractivity contribution in [2.24, 2.45) is 11.8 Å². The molecular formula is C17H25FN2O. The average molecular weight is 292 g/mol. The highest BCUT2D eigenvalue weighted by molar-refractivity contribution is 5.55. The van der Waals surface area contributed by atoms with Gasteiger partial charge in [-0.15, -0.1) is 0 Å². The summed E-state index contributed by atoms with van der Waals surface area (Å²) in [5, 5.41) is 3.33. The highest BCUT2D eigenvalue weighted by Gasteiger charge is 2.36. The van der Waals surface area contributed by atoms with Crippen LogP contribution in [0.5, 0.6) is 0 Å². The van der Waals surface area contributed by atoms with Crippen LogP contribution in [0.25, 0.3) is 0 Å². The fourth-order valence-electron chi connectivity index (χ4n) is 3.83. The number of fused-ring (bicyclic) bond motifs is 1. The Morgan fingerprint density at radius 3 is 2.76 bits per heavy atom. The van der Waals surface area contributed by atoms with Crippen LogP contribution in [0.1, 0.15) is 24.8 Å². The molecule has 2 unspecified atom stereocenters. The fraction of sp³-hybridized carbons (Fsp3) is 0.647. The van der Waals surface area contributed by atoms with E-state index in [9.17, 15) is 4.39 Å². The maximum atomic E-state index is 13.6. The number of benzene rings is 1. The van der Waals surface area contributed by atoms with Gasteiger partial charge in [-0.05, 0) is 48.4 Å². The summed E-state index contributed by atoms with van der Waals surface area (Å²) in [5.41, 5.74) is 2.27. The normalized spacial score (nSPS) is 24.6. The van der Waals surface area contributed by atoms with Crippen LogP contribution in [-0.2, 0) is 11.3 Å². The predicted octanol–water partition coefficient (Wildman–Crippen LogP) is 2.80. The van der Waals surface area contributed by atoms with E-state index < -0.39 is 0 Å². The summed E-state index contributed by atoms with van der Waals surface area (Å²) in [6.07, 6.45) is 4.12. The third kappa shape index (κ3) is 3.38. The summed E-state index contributed by atoms with van der Waals surface area (Å²) in [7, 11) is 1.69. The highest BCUT2D eigenvalue weighted by atomic mass is 19.1. The standard InChI is InChI=1S/C17H25FN2O/c1-21-8-7-19-10-15-9-16(18)5-6-17(15)20-11-13-3-2-4-14(13)12-20/h5-6,9,13-14,19H,2-4,7-8,10-12H2,1H3. The van der Waals surface area contributed by atoms with Gasteiger partial charge in [-0.3, -0.25) is 0 Å². The van der Waals surface area contributed by atoms with Gasteiger partial charge in [0.15, 0.2) is 0 Å². The van der Waals surface area contributed by atoms with Crippen LogP contribution in [0, 0.1) is 17.7 Å². The van der Waals surface area contributed by atoms with Crippen molar-refractivity contribution in [1.82, 2.24) is 5.32 Å². The first-order chi connectivity index (χ1) is 10.3. The quantitative estimate of drug-likeness (QED) is 0.816. The van der Waals surface area contributed by atoms with E-state index in [1.54, 1.807) is 19.2 Å². The molecule has 1 heterocycles. The van der Waals surface area contributed by atoms with Crippen LogP contribution in [0.15, 0.2) is 18.2 Å². The molecular weight excluding hydrogens is 267 g/mol. The molecule has 1 saturated heterocycles. The summed E-state index contributed by atoms with van der Waals surface area (Å²) in [4.78, 5) is 2.46. The van der Waals surface area contributed by atoms with Crippen LogP contribution >= 0.6 is 0 Å². The van der Waals surface area contributed by atoms with Crippen molar-refractivity contribution in [1.29, 1.82) is 0 Å². The Morgan fingerprint density at radius 1 is 1.29 bits per heavy atom. The lowest BCUT2D eigenvalue weighted by Crippen LogP contribution is -2.25. The van der Waals surface area contributed by atoms with E-state index in [-0.39, 0.29) is 5.82 Å². The van der Waals surface area contributed by atoms with Crippen molar-refractivity contribution in [3.05, 3.63) is 29.6 Å². The Bertz CT molecular complexity index is 468. The molecule has 21 heavy (non-hydrogen) atoms. The summed E-state index contributed by atoms with van der Waals surface area (Å²) in [5.74, 6) is 1.55. The van der Waals surface area contributed by atoms with Gasteiger partial charge in [0, 0.05) is 39.0 Å². The van der Waals surface area contributed by atoms with Crippen molar-refractivity contribution < 1.29 is 9.13 Å². The van der Waals surface area contributed by atoms with E-state index in [0.717, 1.165) is 37.0 Å². The monoisotopic (exact) mass is 292 g/mol. The zero-order valence-electron chi connectivity index (χ0n) is 12.8. The predicted molar refractivity (Wildman–Crippen MR) is 83.0 cm³/mol. The molecule has 1 aromatic rings. The number of rotatable bonds is 6. The molecule has 4 heteroatoms. The maximum absolute atomic E-state index is 13.6. The third-order valence-electron chi connectivity index (χ3n) is 4.91. The first-order valence-corrected chi connectivity index (χ1v) is 8.01. The molecule has 0 spiro atoms. The van der Waals surface area contributed by atoms with E-state index in [0.29, 0.717) is 13.2 Å². The molecule has 0 amide bonds. The molecule has 1 aliphatic heterocycles. The number of hydrogen-bond acceptors (Lipinski definition) is 3. The topological polar surface area (TPSA) is 24.5 Å². The van der Waals surface area contributed by atoms with Gasteiger partial charge < -0.3 is 15.0 Å². The minimum absolute atomic E-state index is 0.151. The van der Waals surface area contributed by atoms with Crippen molar-refractivity contribution in [3.63, 3.8) is 0 Å². The Kier molecular flexibility index (Phi) is 4.76. The first-order valence-electron chi connectivity index (χ1n) is 8.01. The van der Waals surface area contributed by atoms with Crippen LogP contribution in [0.3, 0.4) is 0 Å². The second-order valence-corrected chi connectivity index (χ2v) is 6.30. The molecule has 116 valence electrons. The van der Waals surface area contributed by atoms with Crippen molar-refractivity contribution >= 4 is 5.69 Å². The van der Waals surface area contributed by atoms with E-state index in [1.807, 2.05) is 6.07 Å².